The minimum Gasteiger partial charge on any atom is -0.435 e. The number of hydrogen-bond donors (Lipinski definition) is 0. The van der Waals surface area contributed by atoms with E-state index < -0.39 is 6.16 Å². The Bertz CT molecular complexity index is 170. The minimum absolute atomic E-state index is 0.0853. The molecule has 0 aromatic heterocycles. The molecule has 0 atom stereocenters. The molecule has 1 aliphatic rings. The Labute approximate surface area is 92.1 Å². The highest BCUT2D eigenvalue weighted by Crippen LogP contribution is 2.19. The van der Waals surface area contributed by atoms with Gasteiger partial charge in [-0.25, -0.2) is 4.79 Å². The summed E-state index contributed by atoms with van der Waals surface area (Å²) < 4.78 is 10.0. The third kappa shape index (κ3) is 5.65. The summed E-state index contributed by atoms with van der Waals surface area (Å²) in [4.78, 5) is 11.2. The van der Waals surface area contributed by atoms with Crippen LogP contribution in [-0.4, -0.2) is 18.9 Å². The van der Waals surface area contributed by atoms with Gasteiger partial charge in [-0.3, -0.25) is 0 Å². The smallest absolute Gasteiger partial charge is 0.435 e. The van der Waals surface area contributed by atoms with E-state index in [2.05, 4.69) is 0 Å². The summed E-state index contributed by atoms with van der Waals surface area (Å²) in [5.74, 6) is 0. The Balaban J connectivity index is 2.26. The molecule has 0 saturated heterocycles. The second kappa shape index (κ2) is 7.55. The fourth-order valence-electron chi connectivity index (χ4n) is 2.00. The quantitative estimate of drug-likeness (QED) is 0.658. The molecule has 88 valence electrons. The minimum atomic E-state index is -0.498. The molecule has 15 heavy (non-hydrogen) atoms. The Morgan fingerprint density at radius 2 is 1.60 bits per heavy atom. The van der Waals surface area contributed by atoms with Gasteiger partial charge in [-0.15, -0.1) is 0 Å². The predicted molar refractivity (Wildman–Crippen MR) is 58.8 cm³/mol. The van der Waals surface area contributed by atoms with E-state index in [0.717, 1.165) is 12.8 Å². The Morgan fingerprint density at radius 1 is 1.07 bits per heavy atom. The van der Waals surface area contributed by atoms with Crippen molar-refractivity contribution in [1.29, 1.82) is 0 Å². The third-order valence-corrected chi connectivity index (χ3v) is 2.83. The molecule has 0 aliphatic heterocycles. The molecule has 0 aromatic carbocycles. The maximum absolute atomic E-state index is 11.2. The van der Waals surface area contributed by atoms with Gasteiger partial charge < -0.3 is 9.47 Å². The van der Waals surface area contributed by atoms with E-state index in [9.17, 15) is 4.79 Å². The summed E-state index contributed by atoms with van der Waals surface area (Å²) in [6.45, 7) is 2.19. The van der Waals surface area contributed by atoms with E-state index in [1.54, 1.807) is 6.92 Å². The fraction of sp³-hybridized carbons (Fsp3) is 0.917. The molecule has 0 heterocycles. The summed E-state index contributed by atoms with van der Waals surface area (Å²) in [5, 5.41) is 0. The zero-order valence-corrected chi connectivity index (χ0v) is 9.67. The Kier molecular flexibility index (Phi) is 6.21. The number of rotatable bonds is 2. The summed E-state index contributed by atoms with van der Waals surface area (Å²) in [6.07, 6.45) is 9.11. The van der Waals surface area contributed by atoms with Crippen LogP contribution in [0.5, 0.6) is 0 Å². The summed E-state index contributed by atoms with van der Waals surface area (Å²) in [6, 6.07) is 0. The number of ether oxygens (including phenoxy) is 2. The molecular weight excluding hydrogens is 192 g/mol. The van der Waals surface area contributed by atoms with Crippen molar-refractivity contribution in [2.75, 3.05) is 6.61 Å². The third-order valence-electron chi connectivity index (χ3n) is 2.83. The van der Waals surface area contributed by atoms with Crippen LogP contribution in [0, 0.1) is 0 Å². The van der Waals surface area contributed by atoms with E-state index >= 15 is 0 Å². The van der Waals surface area contributed by atoms with Crippen molar-refractivity contribution in [3.63, 3.8) is 0 Å². The van der Waals surface area contributed by atoms with Gasteiger partial charge in [0.25, 0.3) is 0 Å². The van der Waals surface area contributed by atoms with Crippen molar-refractivity contribution in [2.24, 2.45) is 0 Å². The molecule has 0 unspecified atom stereocenters. The SMILES string of the molecule is CCOC(=O)OC1CCCCCCCC1. The van der Waals surface area contributed by atoms with Crippen LogP contribution in [0.4, 0.5) is 4.79 Å². The normalized spacial score (nSPS) is 19.8. The molecule has 1 saturated carbocycles. The maximum Gasteiger partial charge on any atom is 0.508 e. The fourth-order valence-corrected chi connectivity index (χ4v) is 2.00. The monoisotopic (exact) mass is 214 g/mol. The van der Waals surface area contributed by atoms with E-state index in [4.69, 9.17) is 9.47 Å². The lowest BCUT2D eigenvalue weighted by Gasteiger charge is -2.16. The second-order valence-electron chi connectivity index (χ2n) is 4.12. The zero-order valence-electron chi connectivity index (χ0n) is 9.67. The van der Waals surface area contributed by atoms with Gasteiger partial charge in [0.1, 0.15) is 6.10 Å². The van der Waals surface area contributed by atoms with Crippen LogP contribution in [0.25, 0.3) is 0 Å². The number of hydrogen-bond acceptors (Lipinski definition) is 3. The van der Waals surface area contributed by atoms with Crippen molar-refractivity contribution in [2.45, 2.75) is 64.4 Å². The molecule has 1 rings (SSSR count). The molecule has 0 N–H and O–H groups in total. The van der Waals surface area contributed by atoms with Gasteiger partial charge in [-0.05, 0) is 32.6 Å². The molecule has 3 nitrogen and oxygen atoms in total. The number of carbonyl (C=O) groups is 1. The lowest BCUT2D eigenvalue weighted by Crippen LogP contribution is -2.19. The first-order valence-corrected chi connectivity index (χ1v) is 6.16. The maximum atomic E-state index is 11.2. The van der Waals surface area contributed by atoms with Crippen LogP contribution < -0.4 is 0 Å². The molecule has 0 spiro atoms. The first kappa shape index (κ1) is 12.3. The van der Waals surface area contributed by atoms with Crippen LogP contribution in [0.15, 0.2) is 0 Å². The Morgan fingerprint density at radius 3 is 2.13 bits per heavy atom. The van der Waals surface area contributed by atoms with Gasteiger partial charge in [0.2, 0.25) is 0 Å². The lowest BCUT2D eigenvalue weighted by atomic mass is 10.1. The molecule has 0 bridgehead atoms. The van der Waals surface area contributed by atoms with Gasteiger partial charge in [-0.1, -0.05) is 25.7 Å². The molecule has 0 amide bonds. The average molecular weight is 214 g/mol. The van der Waals surface area contributed by atoms with Crippen molar-refractivity contribution in [1.82, 2.24) is 0 Å². The standard InChI is InChI=1S/C12H22O3/c1-2-14-12(13)15-11-9-7-5-3-4-6-8-10-11/h11H,2-10H2,1H3. The summed E-state index contributed by atoms with van der Waals surface area (Å²) >= 11 is 0. The highest BCUT2D eigenvalue weighted by atomic mass is 16.7. The van der Waals surface area contributed by atoms with Gasteiger partial charge in [0.15, 0.2) is 0 Å². The van der Waals surface area contributed by atoms with Crippen LogP contribution in [0.3, 0.4) is 0 Å². The van der Waals surface area contributed by atoms with Gasteiger partial charge >= 0.3 is 6.16 Å². The molecular formula is C12H22O3. The van der Waals surface area contributed by atoms with E-state index in [1.165, 1.54) is 38.5 Å². The lowest BCUT2D eigenvalue weighted by molar-refractivity contribution is 0.0195. The second-order valence-corrected chi connectivity index (χ2v) is 4.12. The van der Waals surface area contributed by atoms with Gasteiger partial charge in [0, 0.05) is 0 Å². The number of carbonyl (C=O) groups excluding carboxylic acids is 1. The van der Waals surface area contributed by atoms with Crippen molar-refractivity contribution < 1.29 is 14.3 Å². The van der Waals surface area contributed by atoms with Crippen molar-refractivity contribution >= 4 is 6.16 Å². The van der Waals surface area contributed by atoms with Crippen LogP contribution in [-0.2, 0) is 9.47 Å². The van der Waals surface area contributed by atoms with Crippen LogP contribution >= 0.6 is 0 Å². The van der Waals surface area contributed by atoms with E-state index in [0.29, 0.717) is 6.61 Å². The van der Waals surface area contributed by atoms with Crippen molar-refractivity contribution in [3.8, 4) is 0 Å². The summed E-state index contributed by atoms with van der Waals surface area (Å²) in [7, 11) is 0. The highest BCUT2D eigenvalue weighted by molar-refractivity contribution is 5.60. The van der Waals surface area contributed by atoms with E-state index in [1.807, 2.05) is 0 Å². The van der Waals surface area contributed by atoms with Crippen LogP contribution in [0.1, 0.15) is 58.3 Å². The molecule has 1 aliphatic carbocycles. The summed E-state index contributed by atoms with van der Waals surface area (Å²) in [5.41, 5.74) is 0. The largest absolute Gasteiger partial charge is 0.508 e. The van der Waals surface area contributed by atoms with Gasteiger partial charge in [0.05, 0.1) is 6.61 Å². The topological polar surface area (TPSA) is 35.5 Å². The first-order valence-electron chi connectivity index (χ1n) is 6.16. The van der Waals surface area contributed by atoms with Crippen LogP contribution in [0.2, 0.25) is 0 Å². The molecule has 3 heteroatoms. The van der Waals surface area contributed by atoms with Gasteiger partial charge in [-0.2, -0.15) is 0 Å². The average Bonchev–Trinajstić information content (AvgIpc) is 2.32. The Hall–Kier alpha value is -0.730. The molecule has 1 fully saturated rings. The molecule has 0 aromatic rings. The zero-order chi connectivity index (χ0) is 10.9. The predicted octanol–water partition coefficient (Wildman–Crippen LogP) is 3.66. The van der Waals surface area contributed by atoms with E-state index in [-0.39, 0.29) is 6.10 Å². The first-order chi connectivity index (χ1) is 7.33. The molecule has 0 radical (unpaired) electrons. The van der Waals surface area contributed by atoms with Crippen molar-refractivity contribution in [3.05, 3.63) is 0 Å². The highest BCUT2D eigenvalue weighted by Gasteiger charge is 2.15.